The van der Waals surface area contributed by atoms with Gasteiger partial charge in [-0.25, -0.2) is 4.98 Å². The Labute approximate surface area is 162 Å². The van der Waals surface area contributed by atoms with Crippen molar-refractivity contribution < 1.29 is 0 Å². The molecule has 2 aromatic heterocycles. The van der Waals surface area contributed by atoms with E-state index in [0.717, 1.165) is 31.1 Å². The number of hydrogen-bond donors (Lipinski definition) is 2. The van der Waals surface area contributed by atoms with Crippen LogP contribution in [0.5, 0.6) is 0 Å². The lowest BCUT2D eigenvalue weighted by atomic mass is 9.92. The fourth-order valence-corrected chi connectivity index (χ4v) is 3.87. The molecular formula is C20H22ClN5O. The van der Waals surface area contributed by atoms with Gasteiger partial charge in [-0.3, -0.25) is 9.36 Å². The first kappa shape index (κ1) is 17.9. The summed E-state index contributed by atoms with van der Waals surface area (Å²) in [5.74, 6) is 0.545. The van der Waals surface area contributed by atoms with Crippen LogP contribution in [0.15, 0.2) is 41.3 Å². The van der Waals surface area contributed by atoms with Gasteiger partial charge in [0.25, 0.3) is 5.56 Å². The Balaban J connectivity index is 1.71. The second-order valence-electron chi connectivity index (χ2n) is 7.13. The van der Waals surface area contributed by atoms with Gasteiger partial charge in [-0.2, -0.15) is 4.98 Å². The van der Waals surface area contributed by atoms with Crippen LogP contribution in [0.25, 0.3) is 22.2 Å². The third kappa shape index (κ3) is 3.55. The monoisotopic (exact) mass is 383 g/mol. The minimum absolute atomic E-state index is 0.135. The first-order valence-electron chi connectivity index (χ1n) is 9.16. The van der Waals surface area contributed by atoms with Gasteiger partial charge < -0.3 is 11.1 Å². The van der Waals surface area contributed by atoms with E-state index in [9.17, 15) is 4.79 Å². The molecule has 1 fully saturated rings. The highest BCUT2D eigenvalue weighted by molar-refractivity contribution is 6.33. The van der Waals surface area contributed by atoms with Crippen LogP contribution in [-0.2, 0) is 7.05 Å². The normalized spacial score (nSPS) is 20.0. The first-order chi connectivity index (χ1) is 13.0. The Morgan fingerprint density at radius 1 is 1.19 bits per heavy atom. The summed E-state index contributed by atoms with van der Waals surface area (Å²) in [6.07, 6.45) is 5.77. The lowest BCUT2D eigenvalue weighted by Crippen LogP contribution is -2.33. The zero-order valence-corrected chi connectivity index (χ0v) is 15.9. The van der Waals surface area contributed by atoms with Crippen molar-refractivity contribution in [2.75, 3.05) is 5.32 Å². The molecule has 0 spiro atoms. The van der Waals surface area contributed by atoms with Crippen LogP contribution in [0.4, 0.5) is 5.95 Å². The van der Waals surface area contributed by atoms with Crippen LogP contribution in [-0.4, -0.2) is 26.6 Å². The van der Waals surface area contributed by atoms with Gasteiger partial charge in [-0.15, -0.1) is 0 Å². The quantitative estimate of drug-likeness (QED) is 0.724. The minimum Gasteiger partial charge on any atom is -0.351 e. The van der Waals surface area contributed by atoms with E-state index in [1.165, 1.54) is 0 Å². The molecule has 1 aliphatic rings. The van der Waals surface area contributed by atoms with Gasteiger partial charge in [-0.05, 0) is 37.8 Å². The van der Waals surface area contributed by atoms with E-state index in [-0.39, 0.29) is 5.56 Å². The number of benzene rings is 1. The van der Waals surface area contributed by atoms with E-state index >= 15 is 0 Å². The Morgan fingerprint density at radius 3 is 2.67 bits per heavy atom. The van der Waals surface area contributed by atoms with E-state index in [1.54, 1.807) is 23.9 Å². The topological polar surface area (TPSA) is 85.8 Å². The molecule has 27 heavy (non-hydrogen) atoms. The summed E-state index contributed by atoms with van der Waals surface area (Å²) in [7, 11) is 1.72. The summed E-state index contributed by atoms with van der Waals surface area (Å²) in [5.41, 5.74) is 7.68. The van der Waals surface area contributed by atoms with Crippen molar-refractivity contribution in [3.8, 4) is 11.1 Å². The van der Waals surface area contributed by atoms with E-state index in [1.807, 2.05) is 24.3 Å². The molecule has 6 nitrogen and oxygen atoms in total. The summed E-state index contributed by atoms with van der Waals surface area (Å²) in [4.78, 5) is 21.9. The predicted octanol–water partition coefficient (Wildman–Crippen LogP) is 3.33. The van der Waals surface area contributed by atoms with Gasteiger partial charge in [0.2, 0.25) is 5.95 Å². The van der Waals surface area contributed by atoms with Crippen molar-refractivity contribution in [2.45, 2.75) is 37.8 Å². The Bertz CT molecular complexity index is 1040. The van der Waals surface area contributed by atoms with Crippen molar-refractivity contribution >= 4 is 28.6 Å². The number of nitrogens with one attached hydrogen (secondary N) is 1. The molecule has 2 heterocycles. The second kappa shape index (κ2) is 7.29. The average molecular weight is 384 g/mol. The second-order valence-corrected chi connectivity index (χ2v) is 7.54. The van der Waals surface area contributed by atoms with Crippen LogP contribution < -0.4 is 16.6 Å². The van der Waals surface area contributed by atoms with Crippen molar-refractivity contribution in [1.82, 2.24) is 14.5 Å². The summed E-state index contributed by atoms with van der Waals surface area (Å²) in [5, 5.41) is 4.72. The van der Waals surface area contributed by atoms with E-state index in [0.29, 0.717) is 39.8 Å². The van der Waals surface area contributed by atoms with Crippen LogP contribution in [0, 0.1) is 0 Å². The molecule has 0 unspecified atom stereocenters. The van der Waals surface area contributed by atoms with Gasteiger partial charge in [0.05, 0.1) is 0 Å². The van der Waals surface area contributed by atoms with E-state index < -0.39 is 0 Å². The molecule has 1 saturated carbocycles. The molecule has 3 N–H and O–H groups in total. The number of nitrogens with two attached hydrogens (primary N) is 1. The smallest absolute Gasteiger partial charge is 0.259 e. The Morgan fingerprint density at radius 2 is 1.93 bits per heavy atom. The number of fused-ring (bicyclic) bond motifs is 1. The molecule has 0 bridgehead atoms. The fourth-order valence-electron chi connectivity index (χ4n) is 3.63. The van der Waals surface area contributed by atoms with Crippen molar-refractivity contribution in [3.05, 3.63) is 51.9 Å². The third-order valence-corrected chi connectivity index (χ3v) is 5.55. The molecule has 3 aromatic rings. The zero-order valence-electron chi connectivity index (χ0n) is 15.2. The molecule has 1 aliphatic carbocycles. The molecule has 0 radical (unpaired) electrons. The largest absolute Gasteiger partial charge is 0.351 e. The number of hydrogen-bond acceptors (Lipinski definition) is 5. The Hall–Kier alpha value is -2.44. The average Bonchev–Trinajstić information content (AvgIpc) is 2.67. The lowest BCUT2D eigenvalue weighted by molar-refractivity contribution is 0.410. The highest BCUT2D eigenvalue weighted by atomic mass is 35.5. The maximum atomic E-state index is 12.9. The number of pyridine rings is 1. The zero-order chi connectivity index (χ0) is 19.0. The first-order valence-corrected chi connectivity index (χ1v) is 9.54. The molecule has 7 heteroatoms. The standard InChI is InChI=1S/C20H22ClN5O/c1-26-18-12(10-16(19(26)27)15-4-2-3-5-17(15)21)11-23-20(25-18)24-14-8-6-13(22)7-9-14/h2-5,10-11,13-14H,6-9,22H2,1H3,(H,23,24,25). The molecular weight excluding hydrogens is 362 g/mol. The molecule has 0 amide bonds. The maximum Gasteiger partial charge on any atom is 0.259 e. The van der Waals surface area contributed by atoms with Crippen LogP contribution in [0.3, 0.4) is 0 Å². The van der Waals surface area contributed by atoms with Gasteiger partial charge in [0, 0.05) is 46.9 Å². The molecule has 0 atom stereocenters. The SMILES string of the molecule is Cn1c(=O)c(-c2ccccc2Cl)cc2cnc(NC3CCC(N)CC3)nc21. The molecule has 4 rings (SSSR count). The summed E-state index contributed by atoms with van der Waals surface area (Å²) < 4.78 is 1.55. The third-order valence-electron chi connectivity index (χ3n) is 5.22. The van der Waals surface area contributed by atoms with Gasteiger partial charge >= 0.3 is 0 Å². The maximum absolute atomic E-state index is 12.9. The molecule has 0 saturated heterocycles. The lowest BCUT2D eigenvalue weighted by Gasteiger charge is -2.26. The van der Waals surface area contributed by atoms with Crippen molar-refractivity contribution in [1.29, 1.82) is 0 Å². The number of rotatable bonds is 3. The minimum atomic E-state index is -0.135. The van der Waals surface area contributed by atoms with Gasteiger partial charge in [0.1, 0.15) is 5.65 Å². The highest BCUT2D eigenvalue weighted by Crippen LogP contribution is 2.27. The molecule has 140 valence electrons. The highest BCUT2D eigenvalue weighted by Gasteiger charge is 2.19. The van der Waals surface area contributed by atoms with Gasteiger partial charge in [-0.1, -0.05) is 29.8 Å². The Kier molecular flexibility index (Phi) is 4.85. The fraction of sp³-hybridized carbons (Fsp3) is 0.350. The number of nitrogens with zero attached hydrogens (tertiary/aromatic N) is 3. The predicted molar refractivity (Wildman–Crippen MR) is 109 cm³/mol. The summed E-state index contributed by atoms with van der Waals surface area (Å²) in [6, 6.07) is 9.75. The van der Waals surface area contributed by atoms with Crippen molar-refractivity contribution in [2.24, 2.45) is 12.8 Å². The van der Waals surface area contributed by atoms with Gasteiger partial charge in [0.15, 0.2) is 0 Å². The number of aromatic nitrogens is 3. The van der Waals surface area contributed by atoms with Crippen LogP contribution in [0.1, 0.15) is 25.7 Å². The van der Waals surface area contributed by atoms with E-state index in [4.69, 9.17) is 17.3 Å². The number of anilines is 1. The summed E-state index contributed by atoms with van der Waals surface area (Å²) >= 11 is 6.28. The van der Waals surface area contributed by atoms with E-state index in [2.05, 4.69) is 15.3 Å². The number of halogens is 1. The molecule has 1 aromatic carbocycles. The van der Waals surface area contributed by atoms with Crippen LogP contribution >= 0.6 is 11.6 Å². The summed E-state index contributed by atoms with van der Waals surface area (Å²) in [6.45, 7) is 0. The van der Waals surface area contributed by atoms with Crippen LogP contribution in [0.2, 0.25) is 5.02 Å². The molecule has 0 aliphatic heterocycles. The van der Waals surface area contributed by atoms with Crippen molar-refractivity contribution in [3.63, 3.8) is 0 Å². The number of aryl methyl sites for hydroxylation is 1.